The molecule has 1 aromatic heterocycles. The molecule has 28 heavy (non-hydrogen) atoms. The van der Waals surface area contributed by atoms with Crippen molar-refractivity contribution in [2.24, 2.45) is 0 Å². The third kappa shape index (κ3) is 4.37. The average Bonchev–Trinajstić information content (AvgIpc) is 3.18. The highest BCUT2D eigenvalue weighted by atomic mass is 16.2. The summed E-state index contributed by atoms with van der Waals surface area (Å²) in [6, 6.07) is 16.7. The molecule has 3 N–H and O–H groups in total. The lowest BCUT2D eigenvalue weighted by Gasteiger charge is -2.33. The molecule has 1 saturated heterocycles. The minimum atomic E-state index is -0.184. The molecule has 2 heterocycles. The summed E-state index contributed by atoms with van der Waals surface area (Å²) < 4.78 is 0. The molecule has 5 nitrogen and oxygen atoms in total. The number of urea groups is 1. The normalized spacial score (nSPS) is 17.5. The van der Waals surface area contributed by atoms with Gasteiger partial charge in [-0.1, -0.05) is 30.7 Å². The van der Waals surface area contributed by atoms with Crippen LogP contribution in [0.2, 0.25) is 0 Å². The van der Waals surface area contributed by atoms with Gasteiger partial charge in [0.2, 0.25) is 0 Å². The van der Waals surface area contributed by atoms with Gasteiger partial charge in [-0.15, -0.1) is 0 Å². The van der Waals surface area contributed by atoms with Gasteiger partial charge in [0.25, 0.3) is 0 Å². The number of nitrogens with zero attached hydrogens (tertiary/aromatic N) is 1. The number of benzene rings is 2. The minimum absolute atomic E-state index is 0.184. The number of hydrogen-bond donors (Lipinski definition) is 3. The summed E-state index contributed by atoms with van der Waals surface area (Å²) in [6.45, 7) is 4.89. The number of carbonyl (C=O) groups is 1. The number of amides is 2. The Morgan fingerprint density at radius 2 is 2.07 bits per heavy atom. The molecule has 3 aromatic rings. The molecule has 146 valence electrons. The van der Waals surface area contributed by atoms with Crippen molar-refractivity contribution in [1.29, 1.82) is 0 Å². The molecule has 0 spiro atoms. The van der Waals surface area contributed by atoms with Gasteiger partial charge in [0, 0.05) is 41.9 Å². The first-order valence-electron chi connectivity index (χ1n) is 10.1. The highest BCUT2D eigenvalue weighted by Crippen LogP contribution is 2.21. The van der Waals surface area contributed by atoms with Gasteiger partial charge in [-0.25, -0.2) is 4.79 Å². The number of carbonyl (C=O) groups excluding carboxylic acids is 1. The molecule has 5 heteroatoms. The van der Waals surface area contributed by atoms with Gasteiger partial charge in [-0.2, -0.15) is 0 Å². The monoisotopic (exact) mass is 376 g/mol. The number of piperidine rings is 1. The average molecular weight is 377 g/mol. The van der Waals surface area contributed by atoms with E-state index in [-0.39, 0.29) is 6.03 Å². The van der Waals surface area contributed by atoms with Crippen LogP contribution >= 0.6 is 0 Å². The molecule has 0 saturated carbocycles. The molecule has 0 aliphatic carbocycles. The zero-order valence-electron chi connectivity index (χ0n) is 16.4. The van der Waals surface area contributed by atoms with Crippen LogP contribution in [0.25, 0.3) is 10.9 Å². The fourth-order valence-corrected chi connectivity index (χ4v) is 4.03. The number of nitrogens with one attached hydrogen (secondary N) is 3. The number of aromatic amines is 1. The Bertz CT molecular complexity index is 948. The largest absolute Gasteiger partial charge is 0.361 e. The van der Waals surface area contributed by atoms with Crippen molar-refractivity contribution in [3.05, 3.63) is 65.9 Å². The van der Waals surface area contributed by atoms with Crippen molar-refractivity contribution < 1.29 is 4.79 Å². The Labute approximate surface area is 166 Å². The molecule has 1 aliphatic rings. The lowest BCUT2D eigenvalue weighted by atomic mass is 10.0. The molecule has 0 unspecified atom stereocenters. The summed E-state index contributed by atoms with van der Waals surface area (Å²) in [6.07, 6.45) is 5.80. The van der Waals surface area contributed by atoms with Crippen LogP contribution in [0.5, 0.6) is 0 Å². The second kappa shape index (κ2) is 8.48. The van der Waals surface area contributed by atoms with E-state index in [2.05, 4.69) is 39.6 Å². The number of fused-ring (bicyclic) bond motifs is 1. The van der Waals surface area contributed by atoms with E-state index >= 15 is 0 Å². The van der Waals surface area contributed by atoms with Crippen molar-refractivity contribution in [2.45, 2.75) is 45.3 Å². The van der Waals surface area contributed by atoms with E-state index in [0.717, 1.165) is 35.2 Å². The smallest absolute Gasteiger partial charge is 0.319 e. The summed E-state index contributed by atoms with van der Waals surface area (Å²) >= 11 is 0. The SMILES string of the molecule is C[C@@H]1CCCCN1Cc1cccc(NC(=O)NCc2cccc3[nH]ccc23)c1. The number of aromatic nitrogens is 1. The van der Waals surface area contributed by atoms with Gasteiger partial charge in [0.05, 0.1) is 0 Å². The molecule has 2 amide bonds. The third-order valence-corrected chi connectivity index (χ3v) is 5.64. The first-order chi connectivity index (χ1) is 13.7. The summed E-state index contributed by atoms with van der Waals surface area (Å²) in [5.41, 5.74) is 4.25. The number of hydrogen-bond acceptors (Lipinski definition) is 2. The van der Waals surface area contributed by atoms with E-state index < -0.39 is 0 Å². The van der Waals surface area contributed by atoms with E-state index in [1.54, 1.807) is 0 Å². The number of likely N-dealkylation sites (tertiary alicyclic amines) is 1. The number of rotatable bonds is 5. The highest BCUT2D eigenvalue weighted by Gasteiger charge is 2.18. The van der Waals surface area contributed by atoms with Crippen molar-refractivity contribution in [2.75, 3.05) is 11.9 Å². The van der Waals surface area contributed by atoms with Crippen LogP contribution in [0.3, 0.4) is 0 Å². The molecule has 0 bridgehead atoms. The highest BCUT2D eigenvalue weighted by molar-refractivity contribution is 5.90. The van der Waals surface area contributed by atoms with Gasteiger partial charge in [0.15, 0.2) is 0 Å². The minimum Gasteiger partial charge on any atom is -0.361 e. The van der Waals surface area contributed by atoms with Gasteiger partial charge >= 0.3 is 6.03 Å². The fraction of sp³-hybridized carbons (Fsp3) is 0.348. The molecule has 2 aromatic carbocycles. The summed E-state index contributed by atoms with van der Waals surface area (Å²) in [5.74, 6) is 0. The zero-order chi connectivity index (χ0) is 19.3. The van der Waals surface area contributed by atoms with Crippen molar-refractivity contribution in [1.82, 2.24) is 15.2 Å². The third-order valence-electron chi connectivity index (χ3n) is 5.64. The predicted molar refractivity (Wildman–Crippen MR) is 114 cm³/mol. The molecule has 4 rings (SSSR count). The van der Waals surface area contributed by atoms with E-state index in [1.165, 1.54) is 24.8 Å². The Morgan fingerprint density at radius 1 is 1.18 bits per heavy atom. The Hall–Kier alpha value is -2.79. The standard InChI is InChI=1S/C23H28N4O/c1-17-6-2-3-13-27(17)16-18-7-4-9-20(14-18)26-23(28)25-15-19-8-5-10-22-21(19)11-12-24-22/h4-5,7-12,14,17,24H,2-3,6,13,15-16H2,1H3,(H2,25,26,28)/t17-/m1/s1. The van der Waals surface area contributed by atoms with Gasteiger partial charge in [-0.3, -0.25) is 4.90 Å². The number of anilines is 1. The van der Waals surface area contributed by atoms with Crippen LogP contribution in [-0.2, 0) is 13.1 Å². The maximum Gasteiger partial charge on any atom is 0.319 e. The van der Waals surface area contributed by atoms with Crippen molar-refractivity contribution in [3.63, 3.8) is 0 Å². The molecular formula is C23H28N4O. The quantitative estimate of drug-likeness (QED) is 0.595. The second-order valence-corrected chi connectivity index (χ2v) is 7.68. The molecule has 0 radical (unpaired) electrons. The lowest BCUT2D eigenvalue weighted by molar-refractivity contribution is 0.152. The van der Waals surface area contributed by atoms with Crippen molar-refractivity contribution >= 4 is 22.6 Å². The van der Waals surface area contributed by atoms with Crippen LogP contribution in [0, 0.1) is 0 Å². The lowest BCUT2D eigenvalue weighted by Crippen LogP contribution is -2.36. The maximum atomic E-state index is 12.4. The summed E-state index contributed by atoms with van der Waals surface area (Å²) in [7, 11) is 0. The number of H-pyrrole nitrogens is 1. The molecule has 1 atom stereocenters. The van der Waals surface area contributed by atoms with Crippen LogP contribution in [0.4, 0.5) is 10.5 Å². The van der Waals surface area contributed by atoms with E-state index in [4.69, 9.17) is 0 Å². The van der Waals surface area contributed by atoms with Crippen molar-refractivity contribution in [3.8, 4) is 0 Å². The topological polar surface area (TPSA) is 60.2 Å². The Morgan fingerprint density at radius 3 is 2.96 bits per heavy atom. The first kappa shape index (κ1) is 18.6. The van der Waals surface area contributed by atoms with Crippen LogP contribution in [-0.4, -0.2) is 28.5 Å². The summed E-state index contributed by atoms with van der Waals surface area (Å²) in [5, 5.41) is 7.07. The Balaban J connectivity index is 1.34. The van der Waals surface area contributed by atoms with Gasteiger partial charge in [-0.05, 0) is 61.7 Å². The summed E-state index contributed by atoms with van der Waals surface area (Å²) in [4.78, 5) is 18.1. The van der Waals surface area contributed by atoms with Gasteiger partial charge in [0.1, 0.15) is 0 Å². The fourth-order valence-electron chi connectivity index (χ4n) is 4.03. The molecule has 1 aliphatic heterocycles. The molecular weight excluding hydrogens is 348 g/mol. The molecule has 1 fully saturated rings. The zero-order valence-corrected chi connectivity index (χ0v) is 16.4. The van der Waals surface area contributed by atoms with Crippen LogP contribution < -0.4 is 10.6 Å². The predicted octanol–water partition coefficient (Wildman–Crippen LogP) is 4.86. The second-order valence-electron chi connectivity index (χ2n) is 7.68. The van der Waals surface area contributed by atoms with Crippen LogP contribution in [0.1, 0.15) is 37.3 Å². The van der Waals surface area contributed by atoms with Crippen LogP contribution in [0.15, 0.2) is 54.7 Å². The maximum absolute atomic E-state index is 12.4. The first-order valence-corrected chi connectivity index (χ1v) is 10.1. The van der Waals surface area contributed by atoms with Gasteiger partial charge < -0.3 is 15.6 Å². The van der Waals surface area contributed by atoms with E-state index in [9.17, 15) is 4.79 Å². The Kier molecular flexibility index (Phi) is 5.63. The van der Waals surface area contributed by atoms with E-state index in [1.807, 2.05) is 42.6 Å². The van der Waals surface area contributed by atoms with E-state index in [0.29, 0.717) is 12.6 Å².